The van der Waals surface area contributed by atoms with Gasteiger partial charge < -0.3 is 15.0 Å². The first-order chi connectivity index (χ1) is 15.4. The Morgan fingerprint density at radius 3 is 2.30 bits per heavy atom. The predicted octanol–water partition coefficient (Wildman–Crippen LogP) is 2.71. The molecule has 8 nitrogen and oxygen atoms in total. The largest absolute Gasteiger partial charge is 0.497 e. The zero-order valence-electron chi connectivity index (χ0n) is 20.0. The number of anilines is 1. The fourth-order valence-corrected chi connectivity index (χ4v) is 4.30. The molecule has 2 rings (SSSR count). The average Bonchev–Trinajstić information content (AvgIpc) is 2.74. The van der Waals surface area contributed by atoms with Gasteiger partial charge in [-0.2, -0.15) is 0 Å². The second kappa shape index (κ2) is 11.2. The number of aryl methyl sites for hydroxylation is 1. The van der Waals surface area contributed by atoms with E-state index in [1.165, 1.54) is 4.90 Å². The van der Waals surface area contributed by atoms with Crippen LogP contribution < -0.4 is 14.4 Å². The van der Waals surface area contributed by atoms with Gasteiger partial charge in [-0.15, -0.1) is 0 Å². The Morgan fingerprint density at radius 2 is 1.73 bits per heavy atom. The van der Waals surface area contributed by atoms with Crippen molar-refractivity contribution in [2.24, 2.45) is 0 Å². The maximum atomic E-state index is 13.5. The summed E-state index contributed by atoms with van der Waals surface area (Å²) in [6.45, 7) is 6.78. The van der Waals surface area contributed by atoms with Crippen LogP contribution in [0.2, 0.25) is 0 Å². The molecular weight excluding hydrogens is 442 g/mol. The van der Waals surface area contributed by atoms with Gasteiger partial charge in [-0.05, 0) is 57.0 Å². The summed E-state index contributed by atoms with van der Waals surface area (Å²) >= 11 is 0. The molecular formula is C24H33N3O5S. The number of rotatable bonds is 10. The second-order valence-corrected chi connectivity index (χ2v) is 10.2. The van der Waals surface area contributed by atoms with Gasteiger partial charge in [0.1, 0.15) is 18.3 Å². The molecule has 0 aliphatic rings. The normalized spacial score (nSPS) is 12.2. The van der Waals surface area contributed by atoms with E-state index in [0.717, 1.165) is 21.7 Å². The third-order valence-electron chi connectivity index (χ3n) is 5.15. The lowest BCUT2D eigenvalue weighted by Crippen LogP contribution is -2.52. The highest BCUT2D eigenvalue weighted by molar-refractivity contribution is 7.92. The maximum absolute atomic E-state index is 13.5. The number of sulfonamides is 1. The number of ether oxygens (including phenoxy) is 1. The zero-order valence-corrected chi connectivity index (χ0v) is 20.8. The summed E-state index contributed by atoms with van der Waals surface area (Å²) < 4.78 is 31.5. The minimum absolute atomic E-state index is 0.104. The van der Waals surface area contributed by atoms with Crippen LogP contribution in [0, 0.1) is 6.92 Å². The zero-order chi connectivity index (χ0) is 24.8. The van der Waals surface area contributed by atoms with Crippen molar-refractivity contribution in [3.8, 4) is 5.75 Å². The fraction of sp³-hybridized carbons (Fsp3) is 0.417. The van der Waals surface area contributed by atoms with Crippen molar-refractivity contribution >= 4 is 27.5 Å². The summed E-state index contributed by atoms with van der Waals surface area (Å²) in [5.74, 6) is -0.183. The lowest BCUT2D eigenvalue weighted by molar-refractivity contribution is -0.139. The summed E-state index contributed by atoms with van der Waals surface area (Å²) in [5, 5.41) is 2.82. The molecule has 0 saturated heterocycles. The lowest BCUT2D eigenvalue weighted by Gasteiger charge is -2.32. The molecule has 1 unspecified atom stereocenters. The van der Waals surface area contributed by atoms with Crippen molar-refractivity contribution in [1.82, 2.24) is 10.2 Å². The van der Waals surface area contributed by atoms with Crippen LogP contribution in [-0.2, 0) is 26.2 Å². The molecule has 0 radical (unpaired) electrons. The van der Waals surface area contributed by atoms with E-state index in [2.05, 4.69) is 5.32 Å². The van der Waals surface area contributed by atoms with Crippen LogP contribution in [0.1, 0.15) is 31.9 Å². The summed E-state index contributed by atoms with van der Waals surface area (Å²) in [4.78, 5) is 27.6. The highest BCUT2D eigenvalue weighted by Gasteiger charge is 2.30. The van der Waals surface area contributed by atoms with E-state index < -0.39 is 28.5 Å². The van der Waals surface area contributed by atoms with Crippen molar-refractivity contribution < 1.29 is 22.7 Å². The SMILES string of the molecule is COc1cccc(CN(C(=O)CN(c2ccccc2C)S(C)(=O)=O)C(C)C(=O)NC(C)C)c1. The molecule has 0 aliphatic heterocycles. The molecule has 0 aromatic heterocycles. The summed E-state index contributed by atoms with van der Waals surface area (Å²) in [7, 11) is -2.20. The summed E-state index contributed by atoms with van der Waals surface area (Å²) in [6, 6.07) is 13.2. The van der Waals surface area contributed by atoms with Gasteiger partial charge in [-0.3, -0.25) is 13.9 Å². The van der Waals surface area contributed by atoms with Crippen LogP contribution in [-0.4, -0.2) is 57.1 Å². The van der Waals surface area contributed by atoms with Crippen LogP contribution in [0.4, 0.5) is 5.69 Å². The minimum Gasteiger partial charge on any atom is -0.497 e. The standard InChI is InChI=1S/C24H33N3O5S/c1-17(2)25-24(29)19(4)26(15-20-11-9-12-21(14-20)32-5)23(28)16-27(33(6,30)31)22-13-8-7-10-18(22)3/h7-14,17,19H,15-16H2,1-6H3,(H,25,29). The predicted molar refractivity (Wildman–Crippen MR) is 130 cm³/mol. The van der Waals surface area contributed by atoms with Gasteiger partial charge in [0.05, 0.1) is 19.1 Å². The number of hydrogen-bond acceptors (Lipinski definition) is 5. The molecule has 0 heterocycles. The van der Waals surface area contributed by atoms with Gasteiger partial charge in [-0.1, -0.05) is 30.3 Å². The summed E-state index contributed by atoms with van der Waals surface area (Å²) in [5.41, 5.74) is 1.91. The van der Waals surface area contributed by atoms with E-state index in [1.54, 1.807) is 63.4 Å². The molecule has 33 heavy (non-hydrogen) atoms. The van der Waals surface area contributed by atoms with Gasteiger partial charge >= 0.3 is 0 Å². The van der Waals surface area contributed by atoms with E-state index in [9.17, 15) is 18.0 Å². The lowest BCUT2D eigenvalue weighted by atomic mass is 10.1. The highest BCUT2D eigenvalue weighted by Crippen LogP contribution is 2.23. The minimum atomic E-state index is -3.75. The van der Waals surface area contributed by atoms with Gasteiger partial charge in [-0.25, -0.2) is 8.42 Å². The van der Waals surface area contributed by atoms with E-state index >= 15 is 0 Å². The van der Waals surface area contributed by atoms with Gasteiger partial charge in [0, 0.05) is 12.6 Å². The number of para-hydroxylation sites is 1. The molecule has 0 fully saturated rings. The third-order valence-corrected chi connectivity index (χ3v) is 6.28. The van der Waals surface area contributed by atoms with Crippen LogP contribution in [0.15, 0.2) is 48.5 Å². The topological polar surface area (TPSA) is 96.0 Å². The van der Waals surface area contributed by atoms with E-state index in [0.29, 0.717) is 11.4 Å². The first-order valence-corrected chi connectivity index (χ1v) is 12.5. The molecule has 2 amide bonds. The van der Waals surface area contributed by atoms with Crippen LogP contribution in [0.3, 0.4) is 0 Å². The van der Waals surface area contributed by atoms with Crippen molar-refractivity contribution in [1.29, 1.82) is 0 Å². The van der Waals surface area contributed by atoms with Crippen molar-refractivity contribution in [2.75, 3.05) is 24.2 Å². The van der Waals surface area contributed by atoms with E-state index in [4.69, 9.17) is 4.74 Å². The molecule has 180 valence electrons. The molecule has 1 atom stereocenters. The first-order valence-electron chi connectivity index (χ1n) is 10.7. The van der Waals surface area contributed by atoms with E-state index in [1.807, 2.05) is 19.9 Å². The Bertz CT molecular complexity index is 1090. The number of amides is 2. The average molecular weight is 476 g/mol. The number of carbonyl (C=O) groups excluding carboxylic acids is 2. The Labute approximate surface area is 196 Å². The molecule has 0 bridgehead atoms. The number of hydrogen-bond donors (Lipinski definition) is 1. The smallest absolute Gasteiger partial charge is 0.244 e. The first kappa shape index (κ1) is 26.2. The molecule has 0 saturated carbocycles. The van der Waals surface area contributed by atoms with Gasteiger partial charge in [0.2, 0.25) is 21.8 Å². The number of benzene rings is 2. The number of nitrogens with one attached hydrogen (secondary N) is 1. The number of methoxy groups -OCH3 is 1. The van der Waals surface area contributed by atoms with Crippen LogP contribution in [0.5, 0.6) is 5.75 Å². The molecule has 1 N–H and O–H groups in total. The second-order valence-electron chi connectivity index (χ2n) is 8.27. The third kappa shape index (κ3) is 7.21. The van der Waals surface area contributed by atoms with Gasteiger partial charge in [0.15, 0.2) is 0 Å². The molecule has 2 aromatic carbocycles. The monoisotopic (exact) mass is 475 g/mol. The van der Waals surface area contributed by atoms with Crippen LogP contribution in [0.25, 0.3) is 0 Å². The Kier molecular flexibility index (Phi) is 8.87. The fourth-order valence-electron chi connectivity index (χ4n) is 3.39. The van der Waals surface area contributed by atoms with Crippen molar-refractivity contribution in [3.63, 3.8) is 0 Å². The Morgan fingerprint density at radius 1 is 1.06 bits per heavy atom. The number of nitrogens with zero attached hydrogens (tertiary/aromatic N) is 2. The summed E-state index contributed by atoms with van der Waals surface area (Å²) in [6.07, 6.45) is 1.06. The highest BCUT2D eigenvalue weighted by atomic mass is 32.2. The number of carbonyl (C=O) groups is 2. The van der Waals surface area contributed by atoms with Gasteiger partial charge in [0.25, 0.3) is 0 Å². The molecule has 2 aromatic rings. The molecule has 0 spiro atoms. The van der Waals surface area contributed by atoms with Crippen LogP contribution >= 0.6 is 0 Å². The van der Waals surface area contributed by atoms with Crippen molar-refractivity contribution in [2.45, 2.75) is 46.3 Å². The Hall–Kier alpha value is -3.07. The molecule has 0 aliphatic carbocycles. The van der Waals surface area contributed by atoms with Crippen molar-refractivity contribution in [3.05, 3.63) is 59.7 Å². The maximum Gasteiger partial charge on any atom is 0.244 e. The quantitative estimate of drug-likeness (QED) is 0.570. The Balaban J connectivity index is 2.42. The molecule has 9 heteroatoms. The van der Waals surface area contributed by atoms with E-state index in [-0.39, 0.29) is 18.5 Å².